The molecule has 0 bridgehead atoms. The van der Waals surface area contributed by atoms with E-state index in [1.54, 1.807) is 4.90 Å². The molecular formula is C21H23NO4. The molecule has 1 amide bonds. The van der Waals surface area contributed by atoms with Crippen molar-refractivity contribution >= 4 is 17.6 Å². The van der Waals surface area contributed by atoms with E-state index in [0.717, 1.165) is 29.7 Å². The number of para-hydroxylation sites is 1. The maximum Gasteiger partial charge on any atom is 0.308 e. The Bertz CT molecular complexity index is 745. The fraction of sp³-hybridized carbons (Fsp3) is 0.333. The number of carbonyl (C=O) groups excluding carboxylic acids is 2. The lowest BCUT2D eigenvalue weighted by atomic mass is 10.0. The summed E-state index contributed by atoms with van der Waals surface area (Å²) >= 11 is 0. The molecule has 0 N–H and O–H groups in total. The van der Waals surface area contributed by atoms with Crippen molar-refractivity contribution in [1.82, 2.24) is 0 Å². The summed E-state index contributed by atoms with van der Waals surface area (Å²) < 4.78 is 10.6. The van der Waals surface area contributed by atoms with Crippen LogP contribution in [-0.2, 0) is 32.1 Å². The zero-order valence-electron chi connectivity index (χ0n) is 14.7. The molecule has 0 fully saturated rings. The fourth-order valence-electron chi connectivity index (χ4n) is 3.00. The number of carbonyl (C=O) groups is 2. The predicted molar refractivity (Wildman–Crippen MR) is 98.8 cm³/mol. The Morgan fingerprint density at radius 1 is 1.00 bits per heavy atom. The van der Waals surface area contributed by atoms with E-state index in [0.29, 0.717) is 13.2 Å². The Hall–Kier alpha value is -2.66. The van der Waals surface area contributed by atoms with Crippen LogP contribution in [0, 0.1) is 0 Å². The molecule has 1 heterocycles. The van der Waals surface area contributed by atoms with Crippen molar-refractivity contribution in [2.75, 3.05) is 24.7 Å². The first kappa shape index (κ1) is 18.1. The van der Waals surface area contributed by atoms with Gasteiger partial charge in [0.1, 0.15) is 0 Å². The van der Waals surface area contributed by atoms with Crippen molar-refractivity contribution < 1.29 is 19.1 Å². The lowest BCUT2D eigenvalue weighted by molar-refractivity contribution is -0.149. The Labute approximate surface area is 153 Å². The molecule has 2 aromatic rings. The van der Waals surface area contributed by atoms with E-state index in [1.165, 1.54) is 0 Å². The molecule has 5 nitrogen and oxygen atoms in total. The highest BCUT2D eigenvalue weighted by Gasteiger charge is 2.22. The second-order valence-corrected chi connectivity index (χ2v) is 6.23. The maximum absolute atomic E-state index is 12.4. The van der Waals surface area contributed by atoms with Crippen LogP contribution >= 0.6 is 0 Å². The minimum atomic E-state index is -0.420. The van der Waals surface area contributed by atoms with Crippen molar-refractivity contribution in [2.24, 2.45) is 0 Å². The number of benzene rings is 2. The molecule has 26 heavy (non-hydrogen) atoms. The molecule has 3 rings (SSSR count). The van der Waals surface area contributed by atoms with Gasteiger partial charge in [-0.1, -0.05) is 48.5 Å². The molecule has 5 heteroatoms. The number of rotatable bonds is 7. The summed E-state index contributed by atoms with van der Waals surface area (Å²) in [6.45, 7) is 1.16. The van der Waals surface area contributed by atoms with Crippen molar-refractivity contribution in [3.63, 3.8) is 0 Å². The largest absolute Gasteiger partial charge is 0.455 e. The third kappa shape index (κ3) is 4.92. The number of nitrogens with zero attached hydrogens (tertiary/aromatic N) is 1. The SMILES string of the molecule is O=C(CCOCc1ccccc1)OCC(=O)N1CCCc2ccccc21. The first-order chi connectivity index (χ1) is 12.7. The molecule has 0 radical (unpaired) electrons. The molecule has 0 aliphatic carbocycles. The van der Waals surface area contributed by atoms with Gasteiger partial charge in [0.25, 0.3) is 5.91 Å². The van der Waals surface area contributed by atoms with Gasteiger partial charge in [-0.25, -0.2) is 0 Å². The summed E-state index contributed by atoms with van der Waals surface area (Å²) in [5.41, 5.74) is 3.14. The number of ether oxygens (including phenoxy) is 2. The van der Waals surface area contributed by atoms with Gasteiger partial charge >= 0.3 is 5.97 Å². The Balaban J connectivity index is 1.39. The summed E-state index contributed by atoms with van der Waals surface area (Å²) in [5, 5.41) is 0. The van der Waals surface area contributed by atoms with E-state index in [4.69, 9.17) is 9.47 Å². The van der Waals surface area contributed by atoms with Crippen LogP contribution in [0.5, 0.6) is 0 Å². The third-order valence-electron chi connectivity index (χ3n) is 4.33. The van der Waals surface area contributed by atoms with Crippen LogP contribution in [0.2, 0.25) is 0 Å². The van der Waals surface area contributed by atoms with Gasteiger partial charge in [-0.05, 0) is 30.0 Å². The Morgan fingerprint density at radius 3 is 2.62 bits per heavy atom. The van der Waals surface area contributed by atoms with E-state index in [2.05, 4.69) is 0 Å². The van der Waals surface area contributed by atoms with Crippen LogP contribution in [0.25, 0.3) is 0 Å². The quantitative estimate of drug-likeness (QED) is 0.567. The van der Waals surface area contributed by atoms with Gasteiger partial charge in [-0.2, -0.15) is 0 Å². The second kappa shape index (κ2) is 9.15. The number of fused-ring (bicyclic) bond motifs is 1. The summed E-state index contributed by atoms with van der Waals surface area (Å²) in [7, 11) is 0. The Kier molecular flexibility index (Phi) is 6.39. The highest BCUT2D eigenvalue weighted by Crippen LogP contribution is 2.26. The normalized spacial score (nSPS) is 13.2. The number of esters is 1. The van der Waals surface area contributed by atoms with Gasteiger partial charge in [-0.15, -0.1) is 0 Å². The van der Waals surface area contributed by atoms with Crippen molar-refractivity contribution in [3.8, 4) is 0 Å². The van der Waals surface area contributed by atoms with E-state index in [9.17, 15) is 9.59 Å². The highest BCUT2D eigenvalue weighted by atomic mass is 16.5. The summed E-state index contributed by atoms with van der Waals surface area (Å²) in [4.78, 5) is 25.9. The van der Waals surface area contributed by atoms with Crippen LogP contribution in [0.4, 0.5) is 5.69 Å². The van der Waals surface area contributed by atoms with E-state index >= 15 is 0 Å². The van der Waals surface area contributed by atoms with Gasteiger partial charge in [0.05, 0.1) is 19.6 Å². The maximum atomic E-state index is 12.4. The fourth-order valence-corrected chi connectivity index (χ4v) is 3.00. The molecule has 1 aliphatic rings. The molecule has 0 saturated heterocycles. The van der Waals surface area contributed by atoms with Gasteiger partial charge in [0.2, 0.25) is 0 Å². The summed E-state index contributed by atoms with van der Waals surface area (Å²) in [6, 6.07) is 17.6. The van der Waals surface area contributed by atoms with Gasteiger partial charge in [-0.3, -0.25) is 9.59 Å². The molecule has 2 aromatic carbocycles. The Morgan fingerprint density at radius 2 is 1.77 bits per heavy atom. The van der Waals surface area contributed by atoms with Crippen molar-refractivity contribution in [3.05, 3.63) is 65.7 Å². The molecule has 1 aliphatic heterocycles. The average molecular weight is 353 g/mol. The van der Waals surface area contributed by atoms with Gasteiger partial charge < -0.3 is 14.4 Å². The van der Waals surface area contributed by atoms with Crippen LogP contribution in [-0.4, -0.2) is 31.6 Å². The number of hydrogen-bond acceptors (Lipinski definition) is 4. The highest BCUT2D eigenvalue weighted by molar-refractivity contribution is 5.96. The average Bonchev–Trinajstić information content (AvgIpc) is 2.70. The van der Waals surface area contributed by atoms with Gasteiger partial charge in [0, 0.05) is 12.2 Å². The monoisotopic (exact) mass is 353 g/mol. The number of anilines is 1. The first-order valence-electron chi connectivity index (χ1n) is 8.89. The molecule has 136 valence electrons. The zero-order valence-corrected chi connectivity index (χ0v) is 14.7. The molecule has 0 saturated carbocycles. The van der Waals surface area contributed by atoms with E-state index in [-0.39, 0.29) is 25.5 Å². The molecular weight excluding hydrogens is 330 g/mol. The summed E-state index contributed by atoms with van der Waals surface area (Å²) in [6.07, 6.45) is 2.03. The minimum Gasteiger partial charge on any atom is -0.455 e. The lowest BCUT2D eigenvalue weighted by Gasteiger charge is -2.29. The lowest BCUT2D eigenvalue weighted by Crippen LogP contribution is -2.38. The second-order valence-electron chi connectivity index (χ2n) is 6.23. The number of amides is 1. The molecule has 0 aromatic heterocycles. The smallest absolute Gasteiger partial charge is 0.308 e. The molecule has 0 atom stereocenters. The van der Waals surface area contributed by atoms with Crippen molar-refractivity contribution in [2.45, 2.75) is 25.9 Å². The third-order valence-corrected chi connectivity index (χ3v) is 4.33. The number of hydrogen-bond donors (Lipinski definition) is 0. The van der Waals surface area contributed by atoms with Gasteiger partial charge in [0.15, 0.2) is 6.61 Å². The van der Waals surface area contributed by atoms with Crippen LogP contribution < -0.4 is 4.90 Å². The standard InChI is InChI=1S/C21H23NO4/c23-20(22-13-6-10-18-9-4-5-11-19(18)22)16-26-21(24)12-14-25-15-17-7-2-1-3-8-17/h1-5,7-9,11H,6,10,12-16H2. The minimum absolute atomic E-state index is 0.136. The van der Waals surface area contributed by atoms with Crippen LogP contribution in [0.15, 0.2) is 54.6 Å². The zero-order chi connectivity index (χ0) is 18.2. The topological polar surface area (TPSA) is 55.8 Å². The first-order valence-corrected chi connectivity index (χ1v) is 8.89. The van der Waals surface area contributed by atoms with Crippen molar-refractivity contribution in [1.29, 1.82) is 0 Å². The summed E-state index contributed by atoms with van der Waals surface area (Å²) in [5.74, 6) is -0.604. The van der Waals surface area contributed by atoms with Crippen LogP contribution in [0.1, 0.15) is 24.0 Å². The van der Waals surface area contributed by atoms with Crippen LogP contribution in [0.3, 0.4) is 0 Å². The number of aryl methyl sites for hydroxylation is 1. The van der Waals surface area contributed by atoms with E-state index < -0.39 is 5.97 Å². The van der Waals surface area contributed by atoms with E-state index in [1.807, 2.05) is 54.6 Å². The predicted octanol–water partition coefficient (Wildman–Crippen LogP) is 3.12. The molecule has 0 spiro atoms. The molecule has 0 unspecified atom stereocenters.